The number of aliphatic carboxylic acids is 1. The Morgan fingerprint density at radius 3 is 2.35 bits per heavy atom. The van der Waals surface area contributed by atoms with E-state index in [2.05, 4.69) is 53.8 Å². The Bertz CT molecular complexity index is 652. The van der Waals surface area contributed by atoms with Crippen molar-refractivity contribution in [3.05, 3.63) is 57.3 Å². The molecule has 23 heavy (non-hydrogen) atoms. The van der Waals surface area contributed by atoms with Crippen LogP contribution in [-0.2, 0) is 4.79 Å². The van der Waals surface area contributed by atoms with Gasteiger partial charge in [0.15, 0.2) is 0 Å². The monoisotopic (exact) mass is 329 g/mol. The van der Waals surface area contributed by atoms with Crippen LogP contribution in [0.5, 0.6) is 0 Å². The molecule has 1 aliphatic heterocycles. The Balaban J connectivity index is 1.90. The van der Waals surface area contributed by atoms with Gasteiger partial charge in [-0.3, -0.25) is 9.69 Å². The Hall–Kier alpha value is -1.65. The third-order valence-corrected chi connectivity index (χ3v) is 5.36. The molecule has 1 aromatic carbocycles. The van der Waals surface area contributed by atoms with Crippen LogP contribution >= 0.6 is 11.3 Å². The molecule has 1 fully saturated rings. The number of rotatable bonds is 4. The number of benzene rings is 1. The Kier molecular flexibility index (Phi) is 4.83. The van der Waals surface area contributed by atoms with E-state index in [9.17, 15) is 9.90 Å². The first kappa shape index (κ1) is 16.2. The quantitative estimate of drug-likeness (QED) is 0.911. The second-order valence-corrected chi connectivity index (χ2v) is 7.31. The lowest BCUT2D eigenvalue weighted by Gasteiger charge is -2.37. The van der Waals surface area contributed by atoms with Gasteiger partial charge in [0, 0.05) is 0 Å². The predicted octanol–water partition coefficient (Wildman–Crippen LogP) is 4.25. The van der Waals surface area contributed by atoms with Crippen LogP contribution in [0.25, 0.3) is 0 Å². The van der Waals surface area contributed by atoms with Crippen molar-refractivity contribution in [1.29, 1.82) is 0 Å². The van der Waals surface area contributed by atoms with E-state index in [-0.39, 0.29) is 12.0 Å². The molecule has 3 nitrogen and oxygen atoms in total. The first-order valence-corrected chi connectivity index (χ1v) is 9.06. The zero-order chi connectivity index (χ0) is 16.4. The highest BCUT2D eigenvalue weighted by Gasteiger charge is 2.30. The number of nitrogens with zero attached hydrogens (tertiary/aromatic N) is 1. The number of hydrogen-bond donors (Lipinski definition) is 1. The number of carboxylic acids is 1. The summed E-state index contributed by atoms with van der Waals surface area (Å²) < 4.78 is 0. The van der Waals surface area contributed by atoms with E-state index in [0.29, 0.717) is 0 Å². The summed E-state index contributed by atoms with van der Waals surface area (Å²) in [7, 11) is 0. The standard InChI is InChI=1S/C19H23NO2S/c1-13-9-14(2)11-17(10-13)18(16-5-8-23-12-16)20-6-3-15(4-7-20)19(21)22/h5,8-12,15,18H,3-4,6-7H2,1-2H3,(H,21,22). The number of hydrogen-bond acceptors (Lipinski definition) is 3. The Morgan fingerprint density at radius 1 is 1.17 bits per heavy atom. The molecular weight excluding hydrogens is 306 g/mol. The maximum absolute atomic E-state index is 11.2. The predicted molar refractivity (Wildman–Crippen MR) is 94.0 cm³/mol. The second-order valence-electron chi connectivity index (χ2n) is 6.53. The zero-order valence-corrected chi connectivity index (χ0v) is 14.5. The van der Waals surface area contributed by atoms with Gasteiger partial charge in [-0.15, -0.1) is 0 Å². The SMILES string of the molecule is Cc1cc(C)cc(C(c2ccsc2)N2CCC(C(=O)O)CC2)c1. The molecule has 2 heterocycles. The maximum atomic E-state index is 11.2. The van der Waals surface area contributed by atoms with Crippen molar-refractivity contribution in [3.63, 3.8) is 0 Å². The summed E-state index contributed by atoms with van der Waals surface area (Å²) in [5.74, 6) is -0.836. The largest absolute Gasteiger partial charge is 0.481 e. The van der Waals surface area contributed by atoms with E-state index in [1.165, 1.54) is 22.3 Å². The van der Waals surface area contributed by atoms with Gasteiger partial charge in [0.2, 0.25) is 0 Å². The normalized spacial score (nSPS) is 18.0. The van der Waals surface area contributed by atoms with E-state index in [1.807, 2.05) is 0 Å². The van der Waals surface area contributed by atoms with Crippen LogP contribution in [0.3, 0.4) is 0 Å². The summed E-state index contributed by atoms with van der Waals surface area (Å²) in [6.07, 6.45) is 1.47. The van der Waals surface area contributed by atoms with E-state index < -0.39 is 5.97 Å². The molecule has 1 N–H and O–H groups in total. The lowest BCUT2D eigenvalue weighted by molar-refractivity contribution is -0.143. The molecule has 3 rings (SSSR count). The van der Waals surface area contributed by atoms with E-state index in [4.69, 9.17) is 0 Å². The van der Waals surface area contributed by atoms with Gasteiger partial charge in [-0.2, -0.15) is 11.3 Å². The van der Waals surface area contributed by atoms with E-state index >= 15 is 0 Å². The molecule has 1 atom stereocenters. The molecule has 4 heteroatoms. The average molecular weight is 329 g/mol. The molecular formula is C19H23NO2S. The van der Waals surface area contributed by atoms with Gasteiger partial charge in [-0.25, -0.2) is 0 Å². The summed E-state index contributed by atoms with van der Waals surface area (Å²) in [6, 6.07) is 9.15. The van der Waals surface area contributed by atoms with Gasteiger partial charge >= 0.3 is 5.97 Å². The van der Waals surface area contributed by atoms with Crippen molar-refractivity contribution in [2.75, 3.05) is 13.1 Å². The third-order valence-electron chi connectivity index (χ3n) is 4.66. The van der Waals surface area contributed by atoms with Crippen LogP contribution < -0.4 is 0 Å². The van der Waals surface area contributed by atoms with E-state index in [1.54, 1.807) is 11.3 Å². The van der Waals surface area contributed by atoms with Crippen LogP contribution in [0, 0.1) is 19.8 Å². The van der Waals surface area contributed by atoms with Gasteiger partial charge in [-0.05, 0) is 67.7 Å². The fraction of sp³-hybridized carbons (Fsp3) is 0.421. The maximum Gasteiger partial charge on any atom is 0.306 e. The van der Waals surface area contributed by atoms with Crippen molar-refractivity contribution in [2.45, 2.75) is 32.7 Å². The Morgan fingerprint density at radius 2 is 1.83 bits per heavy atom. The summed E-state index contributed by atoms with van der Waals surface area (Å²) in [4.78, 5) is 13.6. The first-order chi connectivity index (χ1) is 11.0. The minimum Gasteiger partial charge on any atom is -0.481 e. The van der Waals surface area contributed by atoms with Crippen LogP contribution in [0.2, 0.25) is 0 Å². The van der Waals surface area contributed by atoms with Crippen molar-refractivity contribution >= 4 is 17.3 Å². The average Bonchev–Trinajstić information content (AvgIpc) is 3.01. The van der Waals surface area contributed by atoms with Crippen molar-refractivity contribution < 1.29 is 9.90 Å². The van der Waals surface area contributed by atoms with Gasteiger partial charge in [0.25, 0.3) is 0 Å². The lowest BCUT2D eigenvalue weighted by Crippen LogP contribution is -2.39. The number of piperidine rings is 1. The molecule has 1 aliphatic rings. The molecule has 0 amide bonds. The highest BCUT2D eigenvalue weighted by molar-refractivity contribution is 7.08. The van der Waals surface area contributed by atoms with Crippen molar-refractivity contribution in [2.24, 2.45) is 5.92 Å². The smallest absolute Gasteiger partial charge is 0.306 e. The molecule has 1 aromatic heterocycles. The number of thiophene rings is 1. The highest BCUT2D eigenvalue weighted by Crippen LogP contribution is 2.34. The first-order valence-electron chi connectivity index (χ1n) is 8.12. The molecule has 2 aromatic rings. The van der Waals surface area contributed by atoms with Crippen LogP contribution in [0.15, 0.2) is 35.0 Å². The summed E-state index contributed by atoms with van der Waals surface area (Å²) in [5.41, 5.74) is 5.18. The number of carboxylic acid groups (broad SMARTS) is 1. The van der Waals surface area contributed by atoms with Gasteiger partial charge in [0.1, 0.15) is 0 Å². The summed E-state index contributed by atoms with van der Waals surface area (Å²) in [6.45, 7) is 5.95. The minimum atomic E-state index is -0.650. The topological polar surface area (TPSA) is 40.5 Å². The van der Waals surface area contributed by atoms with Gasteiger partial charge < -0.3 is 5.11 Å². The summed E-state index contributed by atoms with van der Waals surface area (Å²) >= 11 is 1.72. The summed E-state index contributed by atoms with van der Waals surface area (Å²) in [5, 5.41) is 13.6. The fourth-order valence-corrected chi connectivity index (χ4v) is 4.30. The van der Waals surface area contributed by atoms with Crippen molar-refractivity contribution in [1.82, 2.24) is 4.90 Å². The van der Waals surface area contributed by atoms with Crippen LogP contribution in [0.4, 0.5) is 0 Å². The molecule has 0 bridgehead atoms. The van der Waals surface area contributed by atoms with Crippen LogP contribution in [-0.4, -0.2) is 29.1 Å². The molecule has 1 unspecified atom stereocenters. The fourth-order valence-electron chi connectivity index (χ4n) is 3.62. The highest BCUT2D eigenvalue weighted by atomic mass is 32.1. The lowest BCUT2D eigenvalue weighted by atomic mass is 9.91. The molecule has 0 spiro atoms. The molecule has 0 saturated carbocycles. The number of carbonyl (C=O) groups is 1. The number of likely N-dealkylation sites (tertiary alicyclic amines) is 1. The van der Waals surface area contributed by atoms with Gasteiger partial charge in [-0.1, -0.05) is 29.3 Å². The number of aryl methyl sites for hydroxylation is 2. The molecule has 1 saturated heterocycles. The molecule has 0 radical (unpaired) electrons. The third kappa shape index (κ3) is 3.65. The molecule has 0 aliphatic carbocycles. The van der Waals surface area contributed by atoms with E-state index in [0.717, 1.165) is 25.9 Å². The molecule has 122 valence electrons. The zero-order valence-electron chi connectivity index (χ0n) is 13.7. The van der Waals surface area contributed by atoms with Gasteiger partial charge in [0.05, 0.1) is 12.0 Å². The Labute approximate surface area is 141 Å². The van der Waals surface area contributed by atoms with Crippen molar-refractivity contribution in [3.8, 4) is 0 Å². The second kappa shape index (κ2) is 6.85. The van der Waals surface area contributed by atoms with Crippen LogP contribution in [0.1, 0.15) is 41.1 Å². The minimum absolute atomic E-state index is 0.186.